The van der Waals surface area contributed by atoms with Gasteiger partial charge < -0.3 is 26.6 Å². The van der Waals surface area contributed by atoms with Gasteiger partial charge in [-0.3, -0.25) is 0 Å². The van der Waals surface area contributed by atoms with E-state index < -0.39 is 0 Å². The van der Waals surface area contributed by atoms with Gasteiger partial charge >= 0.3 is 0 Å². The fraction of sp³-hybridized carbons (Fsp3) is 1.00. The van der Waals surface area contributed by atoms with Crippen molar-refractivity contribution in [1.29, 1.82) is 0 Å². The highest BCUT2D eigenvalue weighted by molar-refractivity contribution is 5.12. The molecule has 0 saturated heterocycles. The van der Waals surface area contributed by atoms with Gasteiger partial charge in [0, 0.05) is 6.04 Å². The summed E-state index contributed by atoms with van der Waals surface area (Å²) in [6.07, 6.45) is 15.5. The molecule has 11 atom stereocenters. The highest BCUT2D eigenvalue weighted by Gasteiger charge is 2.62. The monoisotopic (exact) mass is 548 g/mol. The zero-order valence-corrected chi connectivity index (χ0v) is 26.3. The van der Waals surface area contributed by atoms with Gasteiger partial charge in [0.15, 0.2) is 0 Å². The highest BCUT2D eigenvalue weighted by atomic mass is 16.3. The molecule has 5 heteroatoms. The standard InChI is InChI=1S/C34H65N3O2/c1-23(2)30(38)12-9-24(3)27-10-11-28-32-29(14-16-34(27,28)5)33(4)15-13-26(21-25(33)22-31(32)39)37-20-8-19-36-18-7-6-17-35/h23-32,36-39H,6-22,35H2,1-5H3/t24-,25-,26+,27-,28+,29+,30?,31-,32+,33+,34-/m1/s1. The Hall–Kier alpha value is -0.200. The Labute approximate surface area is 241 Å². The summed E-state index contributed by atoms with van der Waals surface area (Å²) in [6.45, 7) is 16.0. The first-order chi connectivity index (χ1) is 18.6. The molecule has 39 heavy (non-hydrogen) atoms. The highest BCUT2D eigenvalue weighted by Crippen LogP contribution is 2.68. The number of hydrogen-bond acceptors (Lipinski definition) is 5. The molecule has 0 amide bonds. The molecule has 4 rings (SSSR count). The summed E-state index contributed by atoms with van der Waals surface area (Å²) in [6, 6.07) is 0.621. The maximum Gasteiger partial charge on any atom is 0.0577 e. The van der Waals surface area contributed by atoms with E-state index >= 15 is 0 Å². The molecule has 4 saturated carbocycles. The molecule has 0 aliphatic heterocycles. The third-order valence-electron chi connectivity index (χ3n) is 12.9. The minimum absolute atomic E-state index is 0.119. The van der Waals surface area contributed by atoms with Crippen LogP contribution in [0.3, 0.4) is 0 Å². The van der Waals surface area contributed by atoms with Crippen LogP contribution < -0.4 is 16.4 Å². The summed E-state index contributed by atoms with van der Waals surface area (Å²) in [4.78, 5) is 0. The predicted octanol–water partition coefficient (Wildman–Crippen LogP) is 5.73. The van der Waals surface area contributed by atoms with Gasteiger partial charge in [-0.25, -0.2) is 0 Å². The van der Waals surface area contributed by atoms with Crippen LogP contribution in [0.5, 0.6) is 0 Å². The lowest BCUT2D eigenvalue weighted by Crippen LogP contribution is -2.59. The van der Waals surface area contributed by atoms with Gasteiger partial charge in [-0.2, -0.15) is 0 Å². The fourth-order valence-corrected chi connectivity index (χ4v) is 10.4. The summed E-state index contributed by atoms with van der Waals surface area (Å²) >= 11 is 0. The SMILES string of the molecule is CC(C)C(O)CC[C@@H](C)[C@H]1CC[C@H]2[C@@H]3[C@H](O)C[C@H]4C[C@@H](NCCCNCCCCN)CC[C@]4(C)[C@H]3CC[C@]12C. The normalized spacial score (nSPS) is 41.6. The van der Waals surface area contributed by atoms with E-state index in [9.17, 15) is 10.2 Å². The first-order valence-corrected chi connectivity index (χ1v) is 17.1. The van der Waals surface area contributed by atoms with Crippen molar-refractivity contribution >= 4 is 0 Å². The second-order valence-corrected chi connectivity index (χ2v) is 15.4. The number of aliphatic hydroxyl groups is 2. The summed E-state index contributed by atoms with van der Waals surface area (Å²) < 4.78 is 0. The Morgan fingerprint density at radius 2 is 1.56 bits per heavy atom. The second-order valence-electron chi connectivity index (χ2n) is 15.4. The molecular weight excluding hydrogens is 482 g/mol. The third kappa shape index (κ3) is 6.90. The van der Waals surface area contributed by atoms with Crippen molar-refractivity contribution in [2.75, 3.05) is 26.2 Å². The van der Waals surface area contributed by atoms with Crippen LogP contribution in [0.15, 0.2) is 0 Å². The summed E-state index contributed by atoms with van der Waals surface area (Å²) in [5, 5.41) is 29.6. The van der Waals surface area contributed by atoms with E-state index in [2.05, 4.69) is 45.3 Å². The van der Waals surface area contributed by atoms with E-state index in [1.165, 1.54) is 57.8 Å². The summed E-state index contributed by atoms with van der Waals surface area (Å²) in [7, 11) is 0. The van der Waals surface area contributed by atoms with Crippen LogP contribution in [-0.2, 0) is 0 Å². The number of rotatable bonds is 14. The third-order valence-corrected chi connectivity index (χ3v) is 12.9. The predicted molar refractivity (Wildman–Crippen MR) is 163 cm³/mol. The molecule has 0 radical (unpaired) electrons. The maximum absolute atomic E-state index is 11.7. The maximum atomic E-state index is 11.7. The van der Waals surface area contributed by atoms with Crippen LogP contribution in [0.2, 0.25) is 0 Å². The van der Waals surface area contributed by atoms with Gasteiger partial charge in [-0.15, -0.1) is 0 Å². The van der Waals surface area contributed by atoms with Gasteiger partial charge in [0.2, 0.25) is 0 Å². The van der Waals surface area contributed by atoms with Crippen molar-refractivity contribution in [1.82, 2.24) is 10.6 Å². The largest absolute Gasteiger partial charge is 0.393 e. The number of unbranched alkanes of at least 4 members (excludes halogenated alkanes) is 1. The van der Waals surface area contributed by atoms with Crippen LogP contribution in [0.4, 0.5) is 0 Å². The number of nitrogens with two attached hydrogens (primary N) is 1. The quantitative estimate of drug-likeness (QED) is 0.179. The van der Waals surface area contributed by atoms with Crippen LogP contribution >= 0.6 is 0 Å². The van der Waals surface area contributed by atoms with Crippen molar-refractivity contribution in [2.45, 2.75) is 136 Å². The van der Waals surface area contributed by atoms with Gasteiger partial charge in [-0.05, 0) is 162 Å². The van der Waals surface area contributed by atoms with Crippen LogP contribution in [0.25, 0.3) is 0 Å². The topological polar surface area (TPSA) is 90.5 Å². The molecule has 4 fully saturated rings. The number of aliphatic hydroxyl groups excluding tert-OH is 2. The molecule has 0 spiro atoms. The van der Waals surface area contributed by atoms with E-state index in [-0.39, 0.29) is 12.2 Å². The molecule has 0 aromatic carbocycles. The van der Waals surface area contributed by atoms with E-state index in [1.807, 2.05) is 0 Å². The molecule has 1 unspecified atom stereocenters. The average molecular weight is 548 g/mol. The first kappa shape index (κ1) is 31.7. The second kappa shape index (κ2) is 13.8. The summed E-state index contributed by atoms with van der Waals surface area (Å²) in [5.74, 6) is 4.29. The molecule has 0 bridgehead atoms. The van der Waals surface area contributed by atoms with E-state index in [0.717, 1.165) is 57.8 Å². The number of nitrogens with one attached hydrogen (secondary N) is 2. The molecular formula is C34H65N3O2. The smallest absolute Gasteiger partial charge is 0.0577 e. The Bertz CT molecular complexity index is 748. The number of hydrogen-bond donors (Lipinski definition) is 5. The van der Waals surface area contributed by atoms with Crippen molar-refractivity contribution in [2.24, 2.45) is 58.0 Å². The zero-order chi connectivity index (χ0) is 28.2. The minimum atomic E-state index is -0.169. The lowest BCUT2D eigenvalue weighted by molar-refractivity contribution is -0.167. The van der Waals surface area contributed by atoms with E-state index in [0.29, 0.717) is 52.4 Å². The zero-order valence-electron chi connectivity index (χ0n) is 26.3. The molecule has 4 aliphatic carbocycles. The molecule has 0 aromatic heterocycles. The molecule has 0 heterocycles. The van der Waals surface area contributed by atoms with Gasteiger partial charge in [0.1, 0.15) is 0 Å². The number of fused-ring (bicyclic) bond motifs is 5. The van der Waals surface area contributed by atoms with Crippen molar-refractivity contribution in [3.05, 3.63) is 0 Å². The Balaban J connectivity index is 1.30. The average Bonchev–Trinajstić information content (AvgIpc) is 3.26. The lowest BCUT2D eigenvalue weighted by Gasteiger charge is -2.62. The lowest BCUT2D eigenvalue weighted by atomic mass is 9.43. The van der Waals surface area contributed by atoms with Gasteiger partial charge in [0.25, 0.3) is 0 Å². The molecule has 228 valence electrons. The van der Waals surface area contributed by atoms with Crippen molar-refractivity contribution < 1.29 is 10.2 Å². The van der Waals surface area contributed by atoms with Crippen LogP contribution in [0.1, 0.15) is 118 Å². The Morgan fingerprint density at radius 1 is 0.846 bits per heavy atom. The summed E-state index contributed by atoms with van der Waals surface area (Å²) in [5.41, 5.74) is 6.35. The minimum Gasteiger partial charge on any atom is -0.393 e. The van der Waals surface area contributed by atoms with Crippen molar-refractivity contribution in [3.63, 3.8) is 0 Å². The Kier molecular flexibility index (Phi) is 11.3. The van der Waals surface area contributed by atoms with Crippen LogP contribution in [0, 0.1) is 52.3 Å². The van der Waals surface area contributed by atoms with Gasteiger partial charge in [0.05, 0.1) is 12.2 Å². The van der Waals surface area contributed by atoms with E-state index in [4.69, 9.17) is 5.73 Å². The molecule has 0 aromatic rings. The Morgan fingerprint density at radius 3 is 2.31 bits per heavy atom. The van der Waals surface area contributed by atoms with Crippen molar-refractivity contribution in [3.8, 4) is 0 Å². The molecule has 4 aliphatic rings. The molecule has 5 nitrogen and oxygen atoms in total. The first-order valence-electron chi connectivity index (χ1n) is 17.1. The van der Waals surface area contributed by atoms with Crippen LogP contribution in [-0.4, -0.2) is 54.6 Å². The molecule has 6 N–H and O–H groups in total. The fourth-order valence-electron chi connectivity index (χ4n) is 10.4. The van der Waals surface area contributed by atoms with Gasteiger partial charge in [-0.1, -0.05) is 34.6 Å². The van der Waals surface area contributed by atoms with E-state index in [1.54, 1.807) is 0 Å².